The normalized spacial score (nSPS) is 10.7. The summed E-state index contributed by atoms with van der Waals surface area (Å²) in [5, 5.41) is 7.78. The van der Waals surface area contributed by atoms with Gasteiger partial charge in [-0.3, -0.25) is 9.48 Å². The Hall–Kier alpha value is -1.43. The number of hydrogen-bond donors (Lipinski definition) is 2. The zero-order valence-electron chi connectivity index (χ0n) is 11.4. The van der Waals surface area contributed by atoms with E-state index in [1.54, 1.807) is 13.8 Å². The molecular weight excluding hydrogens is 335 g/mol. The summed E-state index contributed by atoms with van der Waals surface area (Å²) in [5.41, 5.74) is 8.14. The minimum atomic E-state index is -0.313. The van der Waals surface area contributed by atoms with Crippen LogP contribution in [0.4, 0.5) is 11.4 Å². The molecule has 112 valence electrons. The van der Waals surface area contributed by atoms with Crippen molar-refractivity contribution in [2.75, 3.05) is 11.1 Å². The molecule has 3 N–H and O–H groups in total. The third-order valence-corrected chi connectivity index (χ3v) is 3.82. The molecule has 21 heavy (non-hydrogen) atoms. The SMILES string of the molecule is Cc1nn(CC(=O)Nc2c(Cl)cc(Cl)cc2Cl)c(C)c1N. The molecule has 0 unspecified atom stereocenters. The van der Waals surface area contributed by atoms with Gasteiger partial charge >= 0.3 is 0 Å². The second-order valence-corrected chi connectivity index (χ2v) is 5.79. The summed E-state index contributed by atoms with van der Waals surface area (Å²) < 4.78 is 1.53. The lowest BCUT2D eigenvalue weighted by molar-refractivity contribution is -0.116. The molecule has 8 heteroatoms. The van der Waals surface area contributed by atoms with Gasteiger partial charge in [0.1, 0.15) is 6.54 Å². The predicted molar refractivity (Wildman–Crippen MR) is 86.2 cm³/mol. The van der Waals surface area contributed by atoms with E-state index in [0.717, 1.165) is 5.69 Å². The summed E-state index contributed by atoms with van der Waals surface area (Å²) in [4.78, 5) is 12.1. The Morgan fingerprint density at radius 3 is 2.33 bits per heavy atom. The second kappa shape index (κ2) is 6.13. The molecule has 1 aromatic heterocycles. The van der Waals surface area contributed by atoms with Gasteiger partial charge in [-0.05, 0) is 26.0 Å². The number of rotatable bonds is 3. The van der Waals surface area contributed by atoms with E-state index in [0.29, 0.717) is 22.1 Å². The number of benzene rings is 1. The molecular formula is C13H13Cl3N4O. The average molecular weight is 348 g/mol. The standard InChI is InChI=1S/C13H13Cl3N4O/c1-6-12(17)7(2)20(19-6)5-11(21)18-13-9(15)3-8(14)4-10(13)16/h3-4H,5,17H2,1-2H3,(H,18,21). The van der Waals surface area contributed by atoms with Crippen LogP contribution in [-0.4, -0.2) is 15.7 Å². The summed E-state index contributed by atoms with van der Waals surface area (Å²) in [6, 6.07) is 3.01. The Labute approximate surface area is 137 Å². The first kappa shape index (κ1) is 15.9. The topological polar surface area (TPSA) is 72.9 Å². The Kier molecular flexibility index (Phi) is 4.66. The summed E-state index contributed by atoms with van der Waals surface area (Å²) >= 11 is 17.9. The number of aryl methyl sites for hydroxylation is 1. The Bertz CT molecular complexity index is 689. The fourth-order valence-electron chi connectivity index (χ4n) is 1.84. The van der Waals surface area contributed by atoms with E-state index in [1.807, 2.05) is 0 Å². The number of nitrogens with zero attached hydrogens (tertiary/aromatic N) is 2. The van der Waals surface area contributed by atoms with Gasteiger partial charge < -0.3 is 11.1 Å². The van der Waals surface area contributed by atoms with Crippen LogP contribution in [0.5, 0.6) is 0 Å². The molecule has 0 bridgehead atoms. The first-order valence-electron chi connectivity index (χ1n) is 6.03. The van der Waals surface area contributed by atoms with Gasteiger partial charge in [0, 0.05) is 5.02 Å². The van der Waals surface area contributed by atoms with Crippen LogP contribution in [0.15, 0.2) is 12.1 Å². The largest absolute Gasteiger partial charge is 0.396 e. The van der Waals surface area contributed by atoms with Crippen molar-refractivity contribution in [2.24, 2.45) is 0 Å². The van der Waals surface area contributed by atoms with Crippen molar-refractivity contribution in [3.05, 3.63) is 38.6 Å². The molecule has 0 spiro atoms. The van der Waals surface area contributed by atoms with E-state index < -0.39 is 0 Å². The Balaban J connectivity index is 2.17. The zero-order chi connectivity index (χ0) is 15.7. The quantitative estimate of drug-likeness (QED) is 0.889. The molecule has 0 aliphatic heterocycles. The van der Waals surface area contributed by atoms with Crippen LogP contribution < -0.4 is 11.1 Å². The van der Waals surface area contributed by atoms with Crippen molar-refractivity contribution in [3.63, 3.8) is 0 Å². The molecule has 2 rings (SSSR count). The van der Waals surface area contributed by atoms with Crippen molar-refractivity contribution in [2.45, 2.75) is 20.4 Å². The van der Waals surface area contributed by atoms with E-state index >= 15 is 0 Å². The lowest BCUT2D eigenvalue weighted by atomic mass is 10.3. The predicted octanol–water partition coefficient (Wildman–Crippen LogP) is 3.68. The van der Waals surface area contributed by atoms with Gasteiger partial charge in [0.25, 0.3) is 0 Å². The summed E-state index contributed by atoms with van der Waals surface area (Å²) in [5.74, 6) is -0.313. The molecule has 1 amide bonds. The second-order valence-electron chi connectivity index (χ2n) is 4.53. The highest BCUT2D eigenvalue weighted by atomic mass is 35.5. The number of carbonyl (C=O) groups excluding carboxylic acids is 1. The number of amides is 1. The van der Waals surface area contributed by atoms with Gasteiger partial charge in [0.05, 0.1) is 32.8 Å². The minimum absolute atomic E-state index is 0.0131. The number of anilines is 2. The Morgan fingerprint density at radius 2 is 1.86 bits per heavy atom. The number of nitrogens with two attached hydrogens (primary N) is 1. The molecule has 1 heterocycles. The van der Waals surface area contributed by atoms with Crippen molar-refractivity contribution >= 4 is 52.1 Å². The van der Waals surface area contributed by atoms with E-state index in [1.165, 1.54) is 16.8 Å². The van der Waals surface area contributed by atoms with E-state index in [2.05, 4.69) is 10.4 Å². The van der Waals surface area contributed by atoms with Crippen LogP contribution in [0.25, 0.3) is 0 Å². The van der Waals surface area contributed by atoms with Gasteiger partial charge in [-0.2, -0.15) is 5.10 Å². The molecule has 2 aromatic rings. The smallest absolute Gasteiger partial charge is 0.246 e. The highest BCUT2D eigenvalue weighted by Crippen LogP contribution is 2.33. The van der Waals surface area contributed by atoms with Crippen molar-refractivity contribution in [1.29, 1.82) is 0 Å². The molecule has 5 nitrogen and oxygen atoms in total. The molecule has 0 aliphatic rings. The number of nitrogen functional groups attached to an aromatic ring is 1. The summed E-state index contributed by atoms with van der Waals surface area (Å²) in [6.45, 7) is 3.59. The van der Waals surface area contributed by atoms with Crippen LogP contribution >= 0.6 is 34.8 Å². The molecule has 0 saturated carbocycles. The molecule has 0 atom stereocenters. The summed E-state index contributed by atoms with van der Waals surface area (Å²) in [7, 11) is 0. The monoisotopic (exact) mass is 346 g/mol. The third kappa shape index (κ3) is 3.43. The first-order chi connectivity index (χ1) is 9.79. The number of carbonyl (C=O) groups is 1. The fourth-order valence-corrected chi connectivity index (χ4v) is 2.75. The van der Waals surface area contributed by atoms with Crippen molar-refractivity contribution < 1.29 is 4.79 Å². The number of halogens is 3. The summed E-state index contributed by atoms with van der Waals surface area (Å²) in [6.07, 6.45) is 0. The van der Waals surface area contributed by atoms with Crippen LogP contribution in [0.3, 0.4) is 0 Å². The van der Waals surface area contributed by atoms with Crippen molar-refractivity contribution in [1.82, 2.24) is 9.78 Å². The average Bonchev–Trinajstić information content (AvgIpc) is 2.61. The Morgan fingerprint density at radius 1 is 1.29 bits per heavy atom. The van der Waals surface area contributed by atoms with Crippen LogP contribution in [0.2, 0.25) is 15.1 Å². The first-order valence-corrected chi connectivity index (χ1v) is 7.17. The molecule has 0 aliphatic carbocycles. The zero-order valence-corrected chi connectivity index (χ0v) is 13.6. The van der Waals surface area contributed by atoms with Gasteiger partial charge in [0.15, 0.2) is 0 Å². The molecule has 0 fully saturated rings. The fraction of sp³-hybridized carbons (Fsp3) is 0.231. The van der Waals surface area contributed by atoms with Crippen molar-refractivity contribution in [3.8, 4) is 0 Å². The number of aromatic nitrogens is 2. The maximum atomic E-state index is 12.1. The van der Waals surface area contributed by atoms with E-state index in [-0.39, 0.29) is 22.5 Å². The molecule has 0 radical (unpaired) electrons. The van der Waals surface area contributed by atoms with Crippen LogP contribution in [-0.2, 0) is 11.3 Å². The van der Waals surface area contributed by atoms with Crippen LogP contribution in [0, 0.1) is 13.8 Å². The maximum absolute atomic E-state index is 12.1. The van der Waals surface area contributed by atoms with Gasteiger partial charge in [-0.15, -0.1) is 0 Å². The lowest BCUT2D eigenvalue weighted by Gasteiger charge is -2.10. The molecule has 1 aromatic carbocycles. The van der Waals surface area contributed by atoms with Crippen LogP contribution in [0.1, 0.15) is 11.4 Å². The van der Waals surface area contributed by atoms with Gasteiger partial charge in [-0.25, -0.2) is 0 Å². The highest BCUT2D eigenvalue weighted by Gasteiger charge is 2.14. The van der Waals surface area contributed by atoms with Gasteiger partial charge in [0.2, 0.25) is 5.91 Å². The highest BCUT2D eigenvalue weighted by molar-refractivity contribution is 6.42. The van der Waals surface area contributed by atoms with E-state index in [9.17, 15) is 4.79 Å². The minimum Gasteiger partial charge on any atom is -0.396 e. The van der Waals surface area contributed by atoms with Gasteiger partial charge in [-0.1, -0.05) is 34.8 Å². The number of hydrogen-bond acceptors (Lipinski definition) is 3. The molecule has 0 saturated heterocycles. The van der Waals surface area contributed by atoms with E-state index in [4.69, 9.17) is 40.5 Å². The third-order valence-electron chi connectivity index (χ3n) is 3.00. The maximum Gasteiger partial charge on any atom is 0.246 e. The lowest BCUT2D eigenvalue weighted by Crippen LogP contribution is -2.20. The number of nitrogens with one attached hydrogen (secondary N) is 1.